The molecular formula is C19H16ClNO5. The molecule has 0 amide bonds. The average molecular weight is 374 g/mol. The van der Waals surface area contributed by atoms with Crippen LogP contribution in [0, 0.1) is 6.92 Å². The second-order valence-corrected chi connectivity index (χ2v) is 6.03. The van der Waals surface area contributed by atoms with Gasteiger partial charge in [0, 0.05) is 17.0 Å². The Morgan fingerprint density at radius 1 is 1.23 bits per heavy atom. The standard InChI is InChI=1S/C19H16ClNO5/c1-10-11-5-3-4-6-16(11)26-18(10)15(22)9-25-19(23)12-7-13(20)14(21)8-17(12)24-2/h3-8H,9,21H2,1-2H3. The highest BCUT2D eigenvalue weighted by molar-refractivity contribution is 6.33. The summed E-state index contributed by atoms with van der Waals surface area (Å²) in [5.74, 6) is -0.802. The molecule has 2 aromatic carbocycles. The number of halogens is 1. The van der Waals surface area contributed by atoms with Gasteiger partial charge in [-0.3, -0.25) is 4.79 Å². The highest BCUT2D eigenvalue weighted by Gasteiger charge is 2.21. The van der Waals surface area contributed by atoms with Gasteiger partial charge < -0.3 is 19.6 Å². The van der Waals surface area contributed by atoms with Gasteiger partial charge in [-0.25, -0.2) is 4.79 Å². The van der Waals surface area contributed by atoms with Crippen LogP contribution < -0.4 is 10.5 Å². The van der Waals surface area contributed by atoms with Crippen molar-refractivity contribution in [3.8, 4) is 5.75 Å². The van der Waals surface area contributed by atoms with Gasteiger partial charge in [0.15, 0.2) is 12.4 Å². The van der Waals surface area contributed by atoms with Gasteiger partial charge in [0.1, 0.15) is 16.9 Å². The molecule has 0 aliphatic rings. The van der Waals surface area contributed by atoms with Crippen LogP contribution in [-0.2, 0) is 4.74 Å². The van der Waals surface area contributed by atoms with E-state index in [2.05, 4.69) is 0 Å². The molecule has 0 aliphatic heterocycles. The van der Waals surface area contributed by atoms with Gasteiger partial charge in [-0.1, -0.05) is 29.8 Å². The van der Waals surface area contributed by atoms with E-state index in [1.807, 2.05) is 18.2 Å². The molecule has 0 fully saturated rings. The molecule has 0 radical (unpaired) electrons. The number of nitrogens with two attached hydrogens (primary N) is 1. The zero-order valence-corrected chi connectivity index (χ0v) is 14.9. The van der Waals surface area contributed by atoms with E-state index in [0.29, 0.717) is 11.1 Å². The summed E-state index contributed by atoms with van der Waals surface area (Å²) in [6.07, 6.45) is 0. The van der Waals surface area contributed by atoms with Crippen molar-refractivity contribution in [3.05, 3.63) is 58.3 Å². The Labute approximate surface area is 154 Å². The van der Waals surface area contributed by atoms with Crippen LogP contribution in [0.1, 0.15) is 26.5 Å². The number of ether oxygens (including phenoxy) is 2. The van der Waals surface area contributed by atoms with E-state index in [4.69, 9.17) is 31.2 Å². The number of carbonyl (C=O) groups excluding carboxylic acids is 2. The number of hydrogen-bond acceptors (Lipinski definition) is 6. The fraction of sp³-hybridized carbons (Fsp3) is 0.158. The first-order valence-electron chi connectivity index (χ1n) is 7.73. The lowest BCUT2D eigenvalue weighted by Crippen LogP contribution is -2.15. The summed E-state index contributed by atoms with van der Waals surface area (Å²) in [7, 11) is 1.39. The normalized spacial score (nSPS) is 10.7. The predicted molar refractivity (Wildman–Crippen MR) is 98.0 cm³/mol. The van der Waals surface area contributed by atoms with Crippen molar-refractivity contribution in [1.82, 2.24) is 0 Å². The lowest BCUT2D eigenvalue weighted by Gasteiger charge is -2.10. The Morgan fingerprint density at radius 2 is 1.96 bits per heavy atom. The molecule has 26 heavy (non-hydrogen) atoms. The SMILES string of the molecule is COc1cc(N)c(Cl)cc1C(=O)OCC(=O)c1oc2ccccc2c1C. The second-order valence-electron chi connectivity index (χ2n) is 5.63. The van der Waals surface area contributed by atoms with Crippen molar-refractivity contribution in [2.75, 3.05) is 19.5 Å². The number of carbonyl (C=O) groups is 2. The third kappa shape index (κ3) is 3.23. The van der Waals surface area contributed by atoms with Gasteiger partial charge in [0.2, 0.25) is 5.78 Å². The topological polar surface area (TPSA) is 91.8 Å². The fourth-order valence-electron chi connectivity index (χ4n) is 2.61. The van der Waals surface area contributed by atoms with Crippen LogP contribution in [0.3, 0.4) is 0 Å². The lowest BCUT2D eigenvalue weighted by atomic mass is 10.1. The minimum atomic E-state index is -0.745. The number of anilines is 1. The molecule has 7 heteroatoms. The van der Waals surface area contributed by atoms with Crippen molar-refractivity contribution in [2.45, 2.75) is 6.92 Å². The van der Waals surface area contributed by atoms with E-state index in [0.717, 1.165) is 5.39 Å². The van der Waals surface area contributed by atoms with Crippen molar-refractivity contribution < 1.29 is 23.5 Å². The molecule has 0 atom stereocenters. The molecule has 3 aromatic rings. The number of methoxy groups -OCH3 is 1. The number of hydrogen-bond donors (Lipinski definition) is 1. The molecule has 0 aliphatic carbocycles. The van der Waals surface area contributed by atoms with Crippen molar-refractivity contribution in [3.63, 3.8) is 0 Å². The van der Waals surface area contributed by atoms with Gasteiger partial charge >= 0.3 is 5.97 Å². The Hall–Kier alpha value is -2.99. The Balaban J connectivity index is 1.78. The van der Waals surface area contributed by atoms with Gasteiger partial charge in [0.25, 0.3) is 0 Å². The molecular weight excluding hydrogens is 358 g/mol. The maximum Gasteiger partial charge on any atom is 0.342 e. The van der Waals surface area contributed by atoms with Crippen LogP contribution >= 0.6 is 11.6 Å². The summed E-state index contributed by atoms with van der Waals surface area (Å²) in [5.41, 5.74) is 7.35. The summed E-state index contributed by atoms with van der Waals surface area (Å²) in [6, 6.07) is 10.1. The molecule has 3 rings (SSSR count). The zero-order valence-electron chi connectivity index (χ0n) is 14.2. The van der Waals surface area contributed by atoms with Crippen molar-refractivity contribution in [1.29, 1.82) is 0 Å². The van der Waals surface area contributed by atoms with E-state index >= 15 is 0 Å². The molecule has 1 aromatic heterocycles. The third-order valence-corrected chi connectivity index (χ3v) is 4.30. The number of ketones is 1. The van der Waals surface area contributed by atoms with Crippen LogP contribution in [0.5, 0.6) is 5.75 Å². The molecule has 0 saturated carbocycles. The first-order chi connectivity index (χ1) is 12.4. The molecule has 1 heterocycles. The number of benzene rings is 2. The molecule has 0 saturated heterocycles. The first kappa shape index (κ1) is 17.8. The maximum atomic E-state index is 12.4. The molecule has 134 valence electrons. The van der Waals surface area contributed by atoms with Crippen LogP contribution in [0.2, 0.25) is 5.02 Å². The van der Waals surface area contributed by atoms with Gasteiger partial charge in [-0.05, 0) is 19.1 Å². The highest BCUT2D eigenvalue weighted by atomic mass is 35.5. The van der Waals surface area contributed by atoms with E-state index in [-0.39, 0.29) is 27.8 Å². The highest BCUT2D eigenvalue weighted by Crippen LogP contribution is 2.29. The number of esters is 1. The molecule has 0 bridgehead atoms. The summed E-state index contributed by atoms with van der Waals surface area (Å²) in [6.45, 7) is 1.31. The van der Waals surface area contributed by atoms with Gasteiger partial charge in [0.05, 0.1) is 17.8 Å². The maximum absolute atomic E-state index is 12.4. The van der Waals surface area contributed by atoms with E-state index in [1.165, 1.54) is 19.2 Å². The Kier molecular flexibility index (Phi) is 4.86. The van der Waals surface area contributed by atoms with Crippen molar-refractivity contribution >= 4 is 40.0 Å². The van der Waals surface area contributed by atoms with Crippen LogP contribution in [0.4, 0.5) is 5.69 Å². The van der Waals surface area contributed by atoms with E-state index < -0.39 is 18.4 Å². The summed E-state index contributed by atoms with van der Waals surface area (Å²) in [5, 5.41) is 1.03. The quantitative estimate of drug-likeness (QED) is 0.412. The number of furan rings is 1. The number of nitrogen functional groups attached to an aromatic ring is 1. The van der Waals surface area contributed by atoms with Gasteiger partial charge in [-0.15, -0.1) is 0 Å². The lowest BCUT2D eigenvalue weighted by molar-refractivity contribution is 0.0465. The van der Waals surface area contributed by atoms with Gasteiger partial charge in [-0.2, -0.15) is 0 Å². The molecule has 0 unspecified atom stereocenters. The monoisotopic (exact) mass is 373 g/mol. The summed E-state index contributed by atoms with van der Waals surface area (Å²) >= 11 is 5.94. The number of para-hydroxylation sites is 1. The van der Waals surface area contributed by atoms with Crippen LogP contribution in [-0.4, -0.2) is 25.5 Å². The van der Waals surface area contributed by atoms with Crippen molar-refractivity contribution in [2.24, 2.45) is 0 Å². The number of rotatable bonds is 5. The predicted octanol–water partition coefficient (Wildman–Crippen LogP) is 4.03. The van der Waals surface area contributed by atoms with E-state index in [9.17, 15) is 9.59 Å². The molecule has 0 spiro atoms. The number of aryl methyl sites for hydroxylation is 1. The average Bonchev–Trinajstić information content (AvgIpc) is 2.98. The number of fused-ring (bicyclic) bond motifs is 1. The fourth-order valence-corrected chi connectivity index (χ4v) is 2.78. The van der Waals surface area contributed by atoms with E-state index in [1.54, 1.807) is 13.0 Å². The van der Waals surface area contributed by atoms with Crippen LogP contribution in [0.25, 0.3) is 11.0 Å². The summed E-state index contributed by atoms with van der Waals surface area (Å²) in [4.78, 5) is 24.7. The number of Topliss-reactive ketones (excluding diaryl/α,β-unsaturated/α-hetero) is 1. The molecule has 2 N–H and O–H groups in total. The largest absolute Gasteiger partial charge is 0.496 e. The molecule has 6 nitrogen and oxygen atoms in total. The smallest absolute Gasteiger partial charge is 0.342 e. The minimum absolute atomic E-state index is 0.0841. The Morgan fingerprint density at radius 3 is 2.65 bits per heavy atom. The van der Waals surface area contributed by atoms with Crippen LogP contribution in [0.15, 0.2) is 40.8 Å². The first-order valence-corrected chi connectivity index (χ1v) is 8.11. The Bertz CT molecular complexity index is 1010. The second kappa shape index (κ2) is 7.09. The minimum Gasteiger partial charge on any atom is -0.496 e. The zero-order chi connectivity index (χ0) is 18.8. The summed E-state index contributed by atoms with van der Waals surface area (Å²) < 4.78 is 15.8. The third-order valence-electron chi connectivity index (χ3n) is 3.97.